The van der Waals surface area contributed by atoms with E-state index in [1.807, 2.05) is 0 Å². The molecule has 88 valence electrons. The monoisotopic (exact) mass is 261 g/mol. The lowest BCUT2D eigenvalue weighted by Gasteiger charge is -2.11. The molecule has 0 aromatic heterocycles. The number of rotatable bonds is 5. The Morgan fingerprint density at radius 3 is 2.62 bits per heavy atom. The van der Waals surface area contributed by atoms with Crippen molar-refractivity contribution in [1.82, 2.24) is 0 Å². The first kappa shape index (κ1) is 13.1. The summed E-state index contributed by atoms with van der Waals surface area (Å²) in [7, 11) is 1.53. The van der Waals surface area contributed by atoms with Crippen molar-refractivity contribution in [3.63, 3.8) is 0 Å². The van der Waals surface area contributed by atoms with Gasteiger partial charge in [-0.05, 0) is 19.1 Å². The van der Waals surface area contributed by atoms with Crippen LogP contribution in [0.2, 0.25) is 10.0 Å². The first-order valence-corrected chi connectivity index (χ1v) is 5.57. The Morgan fingerprint density at radius 1 is 1.38 bits per heavy atom. The average molecular weight is 262 g/mol. The molecule has 0 aliphatic rings. The topological polar surface area (TPSA) is 38.3 Å². The van der Waals surface area contributed by atoms with Gasteiger partial charge in [0.15, 0.2) is 0 Å². The van der Waals surface area contributed by atoms with E-state index in [0.29, 0.717) is 34.4 Å². The molecule has 1 aromatic rings. The minimum Gasteiger partial charge on any atom is -0.495 e. The predicted molar refractivity (Wildman–Crippen MR) is 66.8 cm³/mol. The molecule has 1 N–H and O–H groups in total. The molecule has 0 heterocycles. The highest BCUT2D eigenvalue weighted by atomic mass is 35.5. The largest absolute Gasteiger partial charge is 0.495 e. The van der Waals surface area contributed by atoms with Crippen molar-refractivity contribution >= 4 is 34.7 Å². The molecule has 0 saturated heterocycles. The van der Waals surface area contributed by atoms with Gasteiger partial charge in [0.25, 0.3) is 0 Å². The maximum Gasteiger partial charge on any atom is 0.139 e. The number of ether oxygens (including phenoxy) is 1. The van der Waals surface area contributed by atoms with Crippen LogP contribution in [0.4, 0.5) is 5.69 Å². The number of hydrogen-bond acceptors (Lipinski definition) is 3. The molecule has 0 spiro atoms. The molecular weight excluding hydrogens is 249 g/mol. The second-order valence-electron chi connectivity index (χ2n) is 3.32. The summed E-state index contributed by atoms with van der Waals surface area (Å²) in [5.41, 5.74) is 0.703. The third-order valence-corrected chi connectivity index (χ3v) is 2.92. The lowest BCUT2D eigenvalue weighted by Crippen LogP contribution is -2.06. The number of nitrogens with one attached hydrogen (secondary N) is 1. The second-order valence-corrected chi connectivity index (χ2v) is 4.08. The first-order valence-electron chi connectivity index (χ1n) is 4.81. The quantitative estimate of drug-likeness (QED) is 0.883. The van der Waals surface area contributed by atoms with Crippen LogP contribution >= 0.6 is 23.2 Å². The summed E-state index contributed by atoms with van der Waals surface area (Å²) in [6.07, 6.45) is 0.458. The molecule has 0 saturated carbocycles. The summed E-state index contributed by atoms with van der Waals surface area (Å²) in [4.78, 5) is 10.8. The number of methoxy groups -OCH3 is 1. The van der Waals surface area contributed by atoms with Crippen LogP contribution in [0.25, 0.3) is 0 Å². The van der Waals surface area contributed by atoms with Gasteiger partial charge >= 0.3 is 0 Å². The Kier molecular flexibility index (Phi) is 4.90. The van der Waals surface area contributed by atoms with Gasteiger partial charge in [0, 0.05) is 13.0 Å². The van der Waals surface area contributed by atoms with Crippen LogP contribution in [0, 0.1) is 0 Å². The van der Waals surface area contributed by atoms with Crippen molar-refractivity contribution in [3.8, 4) is 5.75 Å². The smallest absolute Gasteiger partial charge is 0.139 e. The number of carbonyl (C=O) groups excluding carboxylic acids is 1. The maximum atomic E-state index is 10.8. The number of anilines is 1. The van der Waals surface area contributed by atoms with Gasteiger partial charge in [-0.1, -0.05) is 23.2 Å². The second kappa shape index (κ2) is 5.97. The summed E-state index contributed by atoms with van der Waals surface area (Å²) in [5, 5.41) is 3.82. The number of carbonyl (C=O) groups is 1. The van der Waals surface area contributed by atoms with Crippen LogP contribution in [0.15, 0.2) is 12.1 Å². The summed E-state index contributed by atoms with van der Waals surface area (Å²) in [5.74, 6) is 0.659. The van der Waals surface area contributed by atoms with Gasteiger partial charge < -0.3 is 10.1 Å². The van der Waals surface area contributed by atoms with Crippen molar-refractivity contribution in [2.75, 3.05) is 19.0 Å². The highest BCUT2D eigenvalue weighted by Crippen LogP contribution is 2.37. The van der Waals surface area contributed by atoms with E-state index in [1.54, 1.807) is 19.1 Å². The molecule has 1 rings (SSSR count). The average Bonchev–Trinajstić information content (AvgIpc) is 2.24. The molecular formula is C11H13Cl2NO2. The summed E-state index contributed by atoms with van der Waals surface area (Å²) in [6.45, 7) is 2.09. The van der Waals surface area contributed by atoms with Gasteiger partial charge in [0.05, 0.1) is 17.8 Å². The molecule has 0 aliphatic carbocycles. The fourth-order valence-electron chi connectivity index (χ4n) is 1.20. The van der Waals surface area contributed by atoms with E-state index in [9.17, 15) is 4.79 Å². The number of halogens is 2. The zero-order chi connectivity index (χ0) is 12.1. The van der Waals surface area contributed by atoms with E-state index in [2.05, 4.69) is 5.32 Å². The lowest BCUT2D eigenvalue weighted by atomic mass is 10.2. The van der Waals surface area contributed by atoms with Gasteiger partial charge in [-0.25, -0.2) is 0 Å². The summed E-state index contributed by atoms with van der Waals surface area (Å²) >= 11 is 12.0. The molecule has 0 unspecified atom stereocenters. The van der Waals surface area contributed by atoms with E-state index in [1.165, 1.54) is 7.11 Å². The fourth-order valence-corrected chi connectivity index (χ4v) is 1.66. The van der Waals surface area contributed by atoms with E-state index >= 15 is 0 Å². The Hall–Kier alpha value is -0.930. The van der Waals surface area contributed by atoms with Gasteiger partial charge in [-0.2, -0.15) is 0 Å². The maximum absolute atomic E-state index is 10.8. The highest BCUT2D eigenvalue weighted by Gasteiger charge is 2.09. The van der Waals surface area contributed by atoms with E-state index < -0.39 is 0 Å². The zero-order valence-corrected chi connectivity index (χ0v) is 10.7. The summed E-state index contributed by atoms with van der Waals surface area (Å²) < 4.78 is 5.03. The Labute approximate surface area is 105 Å². The van der Waals surface area contributed by atoms with Crippen LogP contribution in [0.3, 0.4) is 0 Å². The molecule has 5 heteroatoms. The van der Waals surface area contributed by atoms with Crippen LogP contribution in [0.5, 0.6) is 5.75 Å². The van der Waals surface area contributed by atoms with Crippen LogP contribution in [-0.2, 0) is 4.79 Å². The Morgan fingerprint density at radius 2 is 2.06 bits per heavy atom. The molecule has 3 nitrogen and oxygen atoms in total. The van der Waals surface area contributed by atoms with E-state index in [0.717, 1.165) is 0 Å². The van der Waals surface area contributed by atoms with Gasteiger partial charge in [-0.3, -0.25) is 4.79 Å². The molecule has 16 heavy (non-hydrogen) atoms. The lowest BCUT2D eigenvalue weighted by molar-refractivity contribution is -0.116. The van der Waals surface area contributed by atoms with Gasteiger partial charge in [0.2, 0.25) is 0 Å². The third kappa shape index (κ3) is 3.29. The summed E-state index contributed by atoms with van der Waals surface area (Å²) in [6, 6.07) is 3.50. The van der Waals surface area contributed by atoms with Crippen molar-refractivity contribution in [3.05, 3.63) is 22.2 Å². The van der Waals surface area contributed by atoms with Crippen molar-refractivity contribution < 1.29 is 9.53 Å². The van der Waals surface area contributed by atoms with Gasteiger partial charge in [-0.15, -0.1) is 0 Å². The van der Waals surface area contributed by atoms with Crippen LogP contribution in [-0.4, -0.2) is 19.4 Å². The molecule has 0 atom stereocenters. The standard InChI is InChI=1S/C11H13Cl2NO2/c1-7(15)5-6-14-8-3-4-9(16-2)11(13)10(8)12/h3-4,14H,5-6H2,1-2H3. The van der Waals surface area contributed by atoms with E-state index in [-0.39, 0.29) is 5.78 Å². The zero-order valence-electron chi connectivity index (χ0n) is 9.14. The number of ketones is 1. The highest BCUT2D eigenvalue weighted by molar-refractivity contribution is 6.44. The van der Waals surface area contributed by atoms with Crippen molar-refractivity contribution in [2.45, 2.75) is 13.3 Å². The van der Waals surface area contributed by atoms with Crippen molar-refractivity contribution in [2.24, 2.45) is 0 Å². The fraction of sp³-hybridized carbons (Fsp3) is 0.364. The van der Waals surface area contributed by atoms with Crippen LogP contribution in [0.1, 0.15) is 13.3 Å². The SMILES string of the molecule is COc1ccc(NCCC(C)=O)c(Cl)c1Cl. The number of benzene rings is 1. The predicted octanol–water partition coefficient (Wildman–Crippen LogP) is 3.39. The van der Waals surface area contributed by atoms with E-state index in [4.69, 9.17) is 27.9 Å². The minimum atomic E-state index is 0.128. The first-order chi connectivity index (χ1) is 7.56. The molecule has 0 bridgehead atoms. The molecule has 0 aliphatic heterocycles. The Bertz CT molecular complexity index is 394. The Balaban J connectivity index is 2.74. The third-order valence-electron chi connectivity index (χ3n) is 2.06. The number of Topliss-reactive ketones (excluding diaryl/α,β-unsaturated/α-hetero) is 1. The normalized spacial score (nSPS) is 10.0. The molecule has 1 aromatic carbocycles. The minimum absolute atomic E-state index is 0.128. The molecule has 0 amide bonds. The molecule has 0 radical (unpaired) electrons. The van der Waals surface area contributed by atoms with Crippen molar-refractivity contribution in [1.29, 1.82) is 0 Å². The molecule has 0 fully saturated rings. The van der Waals surface area contributed by atoms with Gasteiger partial charge in [0.1, 0.15) is 16.6 Å². The van der Waals surface area contributed by atoms with Crippen LogP contribution < -0.4 is 10.1 Å². The number of hydrogen-bond donors (Lipinski definition) is 1.